The van der Waals surface area contributed by atoms with E-state index in [1.54, 1.807) is 0 Å². The van der Waals surface area contributed by atoms with Crippen LogP contribution in [0.3, 0.4) is 0 Å². The standard InChI is InChI=1S/C21H25F3N2O/c22-21(23,24)11-10-20(26-14-12-25-13-15-26)18-6-8-19(9-7-18)27-16-17-4-2-1-3-5-17/h1-9,20,25H,10-16H2/t20-/m0/s1. The molecule has 1 aliphatic heterocycles. The van der Waals surface area contributed by atoms with E-state index in [4.69, 9.17) is 4.74 Å². The Labute approximate surface area is 158 Å². The summed E-state index contributed by atoms with van der Waals surface area (Å²) in [6.45, 7) is 3.60. The number of piperazine rings is 1. The average molecular weight is 378 g/mol. The molecule has 0 spiro atoms. The van der Waals surface area contributed by atoms with E-state index in [9.17, 15) is 13.2 Å². The second kappa shape index (κ2) is 9.24. The Balaban J connectivity index is 1.66. The molecule has 1 N–H and O–H groups in total. The van der Waals surface area contributed by atoms with E-state index in [1.165, 1.54) is 0 Å². The van der Waals surface area contributed by atoms with Crippen molar-refractivity contribution in [2.75, 3.05) is 26.2 Å². The lowest BCUT2D eigenvalue weighted by atomic mass is 9.99. The van der Waals surface area contributed by atoms with Crippen LogP contribution in [0.4, 0.5) is 13.2 Å². The maximum Gasteiger partial charge on any atom is 0.389 e. The third-order valence-corrected chi connectivity index (χ3v) is 4.81. The van der Waals surface area contributed by atoms with E-state index in [2.05, 4.69) is 10.2 Å². The number of rotatable bonds is 7. The van der Waals surface area contributed by atoms with Crippen LogP contribution in [0.15, 0.2) is 54.6 Å². The monoisotopic (exact) mass is 378 g/mol. The fraction of sp³-hybridized carbons (Fsp3) is 0.429. The molecule has 0 aromatic heterocycles. The predicted octanol–water partition coefficient (Wildman–Crippen LogP) is 4.55. The Morgan fingerprint density at radius 3 is 2.26 bits per heavy atom. The van der Waals surface area contributed by atoms with Gasteiger partial charge in [-0.25, -0.2) is 0 Å². The van der Waals surface area contributed by atoms with Gasteiger partial charge in [0.05, 0.1) is 0 Å². The summed E-state index contributed by atoms with van der Waals surface area (Å²) < 4.78 is 44.1. The second-order valence-corrected chi connectivity index (χ2v) is 6.80. The first-order valence-electron chi connectivity index (χ1n) is 9.29. The molecule has 2 aromatic rings. The largest absolute Gasteiger partial charge is 0.489 e. The zero-order valence-corrected chi connectivity index (χ0v) is 15.2. The predicted molar refractivity (Wildman–Crippen MR) is 99.7 cm³/mol. The molecule has 1 heterocycles. The molecule has 0 amide bonds. The summed E-state index contributed by atoms with van der Waals surface area (Å²) in [5, 5.41) is 3.25. The second-order valence-electron chi connectivity index (χ2n) is 6.80. The molecule has 1 saturated heterocycles. The molecular formula is C21H25F3N2O. The number of nitrogens with zero attached hydrogens (tertiary/aromatic N) is 1. The zero-order chi connectivity index (χ0) is 19.1. The molecule has 1 atom stereocenters. The summed E-state index contributed by atoms with van der Waals surface area (Å²) in [6, 6.07) is 17.1. The van der Waals surface area contributed by atoms with E-state index < -0.39 is 12.6 Å². The molecule has 0 saturated carbocycles. The molecule has 0 aliphatic carbocycles. The number of benzene rings is 2. The minimum absolute atomic E-state index is 0.0771. The van der Waals surface area contributed by atoms with Crippen molar-refractivity contribution in [3.63, 3.8) is 0 Å². The van der Waals surface area contributed by atoms with Gasteiger partial charge in [0.15, 0.2) is 0 Å². The van der Waals surface area contributed by atoms with Crippen LogP contribution in [0, 0.1) is 0 Å². The summed E-state index contributed by atoms with van der Waals surface area (Å²) in [6.07, 6.45) is -4.83. The van der Waals surface area contributed by atoms with Gasteiger partial charge in [-0.15, -0.1) is 0 Å². The number of nitrogens with one attached hydrogen (secondary N) is 1. The highest BCUT2D eigenvalue weighted by Gasteiger charge is 2.31. The van der Waals surface area contributed by atoms with Gasteiger partial charge in [0, 0.05) is 38.6 Å². The molecule has 3 rings (SSSR count). The van der Waals surface area contributed by atoms with Gasteiger partial charge in [-0.2, -0.15) is 13.2 Å². The molecule has 2 aromatic carbocycles. The van der Waals surface area contributed by atoms with Crippen molar-refractivity contribution in [2.45, 2.75) is 31.7 Å². The highest BCUT2D eigenvalue weighted by Crippen LogP contribution is 2.32. The maximum absolute atomic E-state index is 12.8. The Hall–Kier alpha value is -2.05. The van der Waals surface area contributed by atoms with E-state index in [1.807, 2.05) is 54.6 Å². The molecule has 27 heavy (non-hydrogen) atoms. The molecule has 0 radical (unpaired) electrons. The minimum Gasteiger partial charge on any atom is -0.489 e. The summed E-state index contributed by atoms with van der Waals surface area (Å²) >= 11 is 0. The van der Waals surface area contributed by atoms with Gasteiger partial charge in [0.2, 0.25) is 0 Å². The summed E-state index contributed by atoms with van der Waals surface area (Å²) in [7, 11) is 0. The van der Waals surface area contributed by atoms with Crippen LogP contribution in [0.25, 0.3) is 0 Å². The number of ether oxygens (including phenoxy) is 1. The number of alkyl halides is 3. The normalized spacial score (nSPS) is 16.9. The lowest BCUT2D eigenvalue weighted by Crippen LogP contribution is -2.45. The Morgan fingerprint density at radius 1 is 0.963 bits per heavy atom. The molecule has 146 valence electrons. The Kier molecular flexibility index (Phi) is 6.74. The molecule has 0 bridgehead atoms. The fourth-order valence-corrected chi connectivity index (χ4v) is 3.38. The highest BCUT2D eigenvalue weighted by atomic mass is 19.4. The zero-order valence-electron chi connectivity index (χ0n) is 15.2. The van der Waals surface area contributed by atoms with Crippen LogP contribution in [-0.2, 0) is 6.61 Å². The molecular weight excluding hydrogens is 353 g/mol. The first kappa shape index (κ1) is 19.7. The third-order valence-electron chi connectivity index (χ3n) is 4.81. The van der Waals surface area contributed by atoms with Crippen LogP contribution in [0.1, 0.15) is 30.0 Å². The van der Waals surface area contributed by atoms with Gasteiger partial charge in [-0.1, -0.05) is 42.5 Å². The molecule has 1 aliphatic rings. The molecule has 0 unspecified atom stereocenters. The average Bonchev–Trinajstić information content (AvgIpc) is 2.68. The maximum atomic E-state index is 12.8. The number of hydrogen-bond acceptors (Lipinski definition) is 3. The van der Waals surface area contributed by atoms with E-state index in [0.29, 0.717) is 6.61 Å². The van der Waals surface area contributed by atoms with Gasteiger partial charge in [-0.05, 0) is 29.7 Å². The summed E-state index contributed by atoms with van der Waals surface area (Å²) in [5.74, 6) is 0.720. The van der Waals surface area contributed by atoms with Gasteiger partial charge in [0.1, 0.15) is 12.4 Å². The van der Waals surface area contributed by atoms with Crippen molar-refractivity contribution < 1.29 is 17.9 Å². The molecule has 6 heteroatoms. The number of hydrogen-bond donors (Lipinski definition) is 1. The van der Waals surface area contributed by atoms with Crippen molar-refractivity contribution in [2.24, 2.45) is 0 Å². The van der Waals surface area contributed by atoms with Gasteiger partial charge >= 0.3 is 6.18 Å². The summed E-state index contributed by atoms with van der Waals surface area (Å²) in [5.41, 5.74) is 1.98. The van der Waals surface area contributed by atoms with Crippen LogP contribution < -0.4 is 10.1 Å². The van der Waals surface area contributed by atoms with Gasteiger partial charge < -0.3 is 10.1 Å². The number of halogens is 3. The van der Waals surface area contributed by atoms with Crippen molar-refractivity contribution in [1.29, 1.82) is 0 Å². The SMILES string of the molecule is FC(F)(F)CC[C@@H](c1ccc(OCc2ccccc2)cc1)N1CCNCC1. The Bertz CT molecular complexity index is 683. The van der Waals surface area contributed by atoms with Gasteiger partial charge in [-0.3, -0.25) is 4.90 Å². The summed E-state index contributed by atoms with van der Waals surface area (Å²) in [4.78, 5) is 2.14. The lowest BCUT2D eigenvalue weighted by Gasteiger charge is -2.35. The third kappa shape index (κ3) is 6.26. The first-order valence-corrected chi connectivity index (χ1v) is 9.29. The van der Waals surface area contributed by atoms with Crippen LogP contribution in [-0.4, -0.2) is 37.3 Å². The van der Waals surface area contributed by atoms with E-state index in [0.717, 1.165) is 43.1 Å². The molecule has 3 nitrogen and oxygen atoms in total. The Morgan fingerprint density at radius 2 is 1.63 bits per heavy atom. The smallest absolute Gasteiger partial charge is 0.389 e. The van der Waals surface area contributed by atoms with Crippen LogP contribution in [0.5, 0.6) is 5.75 Å². The van der Waals surface area contributed by atoms with Crippen molar-refractivity contribution >= 4 is 0 Å². The quantitative estimate of drug-likeness (QED) is 0.765. The minimum atomic E-state index is -4.13. The highest BCUT2D eigenvalue weighted by molar-refractivity contribution is 5.30. The molecule has 1 fully saturated rings. The van der Waals surface area contributed by atoms with Crippen LogP contribution in [0.2, 0.25) is 0 Å². The lowest BCUT2D eigenvalue weighted by molar-refractivity contribution is -0.138. The van der Waals surface area contributed by atoms with Crippen LogP contribution >= 0.6 is 0 Å². The topological polar surface area (TPSA) is 24.5 Å². The fourth-order valence-electron chi connectivity index (χ4n) is 3.38. The van der Waals surface area contributed by atoms with Crippen molar-refractivity contribution in [3.05, 3.63) is 65.7 Å². The van der Waals surface area contributed by atoms with Crippen molar-refractivity contribution in [3.8, 4) is 5.75 Å². The van der Waals surface area contributed by atoms with Gasteiger partial charge in [0.25, 0.3) is 0 Å². The first-order chi connectivity index (χ1) is 13.0. The van der Waals surface area contributed by atoms with Crippen molar-refractivity contribution in [1.82, 2.24) is 10.2 Å². The van der Waals surface area contributed by atoms with E-state index in [-0.39, 0.29) is 12.5 Å². The van der Waals surface area contributed by atoms with E-state index >= 15 is 0 Å².